The van der Waals surface area contributed by atoms with E-state index in [1.54, 1.807) is 4.31 Å². The Morgan fingerprint density at radius 3 is 2.52 bits per heavy atom. The molecule has 2 atom stereocenters. The van der Waals surface area contributed by atoms with Crippen molar-refractivity contribution in [3.05, 3.63) is 0 Å². The molecule has 1 aliphatic heterocycles. The van der Waals surface area contributed by atoms with E-state index >= 15 is 0 Å². The number of hydrogen-bond acceptors (Lipinski definition) is 3. The summed E-state index contributed by atoms with van der Waals surface area (Å²) in [6.45, 7) is 11.3. The molecule has 0 aromatic carbocycles. The van der Waals surface area contributed by atoms with Crippen LogP contribution in [0.2, 0.25) is 0 Å². The lowest BCUT2D eigenvalue weighted by Gasteiger charge is -2.34. The van der Waals surface area contributed by atoms with Gasteiger partial charge in [0.2, 0.25) is 10.0 Å². The summed E-state index contributed by atoms with van der Waals surface area (Å²) in [5.41, 5.74) is 0.150. The average Bonchev–Trinajstić information content (AvgIpc) is 2.35. The zero-order chi connectivity index (χ0) is 16.1. The Balaban J connectivity index is 2.54. The zero-order valence-corrected chi connectivity index (χ0v) is 15.3. The van der Waals surface area contributed by atoms with E-state index in [2.05, 4.69) is 33.0 Å². The smallest absolute Gasteiger partial charge is 0.211 e. The maximum absolute atomic E-state index is 11.7. The molecule has 0 bridgehead atoms. The third-order valence-corrected chi connectivity index (χ3v) is 5.51. The van der Waals surface area contributed by atoms with E-state index in [1.165, 1.54) is 25.5 Å². The van der Waals surface area contributed by atoms with Crippen LogP contribution >= 0.6 is 0 Å². The number of rotatable bonds is 7. The van der Waals surface area contributed by atoms with E-state index in [9.17, 15) is 8.42 Å². The molecule has 0 radical (unpaired) electrons. The number of nitrogens with zero attached hydrogens (tertiary/aromatic N) is 1. The maximum atomic E-state index is 11.7. The van der Waals surface area contributed by atoms with Crippen LogP contribution in [0.3, 0.4) is 0 Å². The van der Waals surface area contributed by atoms with Crippen molar-refractivity contribution < 1.29 is 8.42 Å². The van der Waals surface area contributed by atoms with Gasteiger partial charge in [0.05, 0.1) is 6.26 Å². The highest BCUT2D eigenvalue weighted by Gasteiger charge is 2.27. The SMILES string of the molecule is CCCC(CNC(C)(C)C)CC1CCCN(S(C)(=O)=O)C1. The lowest BCUT2D eigenvalue weighted by Crippen LogP contribution is -2.42. The molecular weight excluding hydrogens is 284 g/mol. The largest absolute Gasteiger partial charge is 0.312 e. The molecule has 0 spiro atoms. The predicted octanol–water partition coefficient (Wildman–Crippen LogP) is 2.85. The summed E-state index contributed by atoms with van der Waals surface area (Å²) in [6.07, 6.45) is 7.06. The zero-order valence-electron chi connectivity index (χ0n) is 14.5. The van der Waals surface area contributed by atoms with Crippen LogP contribution < -0.4 is 5.32 Å². The van der Waals surface area contributed by atoms with E-state index in [-0.39, 0.29) is 5.54 Å². The summed E-state index contributed by atoms with van der Waals surface area (Å²) in [5.74, 6) is 1.17. The van der Waals surface area contributed by atoms with Crippen molar-refractivity contribution in [3.8, 4) is 0 Å². The molecule has 0 saturated carbocycles. The van der Waals surface area contributed by atoms with Crippen LogP contribution in [-0.4, -0.2) is 44.2 Å². The van der Waals surface area contributed by atoms with Crippen molar-refractivity contribution >= 4 is 10.0 Å². The molecule has 1 aliphatic rings. The van der Waals surface area contributed by atoms with Gasteiger partial charge in [-0.25, -0.2) is 12.7 Å². The van der Waals surface area contributed by atoms with E-state index < -0.39 is 10.0 Å². The summed E-state index contributed by atoms with van der Waals surface area (Å²) in [7, 11) is -3.02. The first-order chi connectivity index (χ1) is 9.62. The molecule has 5 heteroatoms. The van der Waals surface area contributed by atoms with Crippen molar-refractivity contribution in [1.29, 1.82) is 0 Å². The minimum absolute atomic E-state index is 0.150. The number of hydrogen-bond donors (Lipinski definition) is 1. The van der Waals surface area contributed by atoms with Crippen LogP contribution in [0.15, 0.2) is 0 Å². The molecule has 0 aromatic rings. The highest BCUT2D eigenvalue weighted by atomic mass is 32.2. The lowest BCUT2D eigenvalue weighted by molar-refractivity contribution is 0.217. The van der Waals surface area contributed by atoms with Gasteiger partial charge in [0.1, 0.15) is 0 Å². The second kappa shape index (κ2) is 7.93. The molecule has 1 N–H and O–H groups in total. The van der Waals surface area contributed by atoms with E-state index in [0.29, 0.717) is 24.9 Å². The Morgan fingerprint density at radius 2 is 2.00 bits per heavy atom. The molecule has 1 heterocycles. The van der Waals surface area contributed by atoms with Crippen molar-refractivity contribution in [2.75, 3.05) is 25.9 Å². The highest BCUT2D eigenvalue weighted by molar-refractivity contribution is 7.88. The van der Waals surface area contributed by atoms with Gasteiger partial charge in [-0.05, 0) is 64.8 Å². The van der Waals surface area contributed by atoms with Crippen LogP contribution in [0.5, 0.6) is 0 Å². The number of piperidine rings is 1. The van der Waals surface area contributed by atoms with Gasteiger partial charge < -0.3 is 5.32 Å². The summed E-state index contributed by atoms with van der Waals surface area (Å²) in [6, 6.07) is 0. The van der Waals surface area contributed by atoms with Gasteiger partial charge in [0, 0.05) is 18.6 Å². The summed E-state index contributed by atoms with van der Waals surface area (Å²) in [4.78, 5) is 0. The van der Waals surface area contributed by atoms with Gasteiger partial charge in [-0.15, -0.1) is 0 Å². The first kappa shape index (κ1) is 18.9. The molecular formula is C16H34N2O2S. The van der Waals surface area contributed by atoms with Crippen LogP contribution in [0.4, 0.5) is 0 Å². The topological polar surface area (TPSA) is 49.4 Å². The Bertz CT molecular complexity index is 401. The van der Waals surface area contributed by atoms with Gasteiger partial charge >= 0.3 is 0 Å². The van der Waals surface area contributed by atoms with Crippen LogP contribution in [0, 0.1) is 11.8 Å². The molecule has 1 saturated heterocycles. The van der Waals surface area contributed by atoms with Crippen LogP contribution in [0.1, 0.15) is 59.8 Å². The van der Waals surface area contributed by atoms with Crippen LogP contribution in [-0.2, 0) is 10.0 Å². The maximum Gasteiger partial charge on any atom is 0.211 e. The summed E-state index contributed by atoms with van der Waals surface area (Å²) in [5, 5.41) is 3.61. The Kier molecular flexibility index (Phi) is 7.14. The van der Waals surface area contributed by atoms with Crippen molar-refractivity contribution in [1.82, 2.24) is 9.62 Å². The fourth-order valence-electron chi connectivity index (χ4n) is 3.15. The first-order valence-corrected chi connectivity index (χ1v) is 10.2. The second-order valence-corrected chi connectivity index (χ2v) is 9.63. The fourth-order valence-corrected chi connectivity index (χ4v) is 4.10. The van der Waals surface area contributed by atoms with E-state index in [1.807, 2.05) is 0 Å². The number of sulfonamides is 1. The molecule has 21 heavy (non-hydrogen) atoms. The molecule has 0 aliphatic carbocycles. The van der Waals surface area contributed by atoms with Gasteiger partial charge in [-0.2, -0.15) is 0 Å². The van der Waals surface area contributed by atoms with Gasteiger partial charge in [0.15, 0.2) is 0 Å². The monoisotopic (exact) mass is 318 g/mol. The Labute approximate surface area is 131 Å². The molecule has 126 valence electrons. The second-order valence-electron chi connectivity index (χ2n) is 7.65. The lowest BCUT2D eigenvalue weighted by atomic mass is 9.86. The van der Waals surface area contributed by atoms with Gasteiger partial charge in [-0.3, -0.25) is 0 Å². The van der Waals surface area contributed by atoms with E-state index in [0.717, 1.165) is 19.4 Å². The van der Waals surface area contributed by atoms with Crippen molar-refractivity contribution in [2.24, 2.45) is 11.8 Å². The van der Waals surface area contributed by atoms with Crippen LogP contribution in [0.25, 0.3) is 0 Å². The van der Waals surface area contributed by atoms with Crippen molar-refractivity contribution in [3.63, 3.8) is 0 Å². The predicted molar refractivity (Wildman–Crippen MR) is 89.9 cm³/mol. The molecule has 4 nitrogen and oxygen atoms in total. The molecule has 1 rings (SSSR count). The summed E-state index contributed by atoms with van der Waals surface area (Å²) >= 11 is 0. The minimum Gasteiger partial charge on any atom is -0.312 e. The summed E-state index contributed by atoms with van der Waals surface area (Å²) < 4.78 is 25.1. The third-order valence-electron chi connectivity index (χ3n) is 4.24. The normalized spacial score (nSPS) is 23.2. The highest BCUT2D eigenvalue weighted by Crippen LogP contribution is 2.26. The molecule has 1 fully saturated rings. The third kappa shape index (κ3) is 7.61. The fraction of sp³-hybridized carbons (Fsp3) is 1.00. The Hall–Kier alpha value is -0.130. The van der Waals surface area contributed by atoms with Crippen molar-refractivity contribution in [2.45, 2.75) is 65.3 Å². The quantitative estimate of drug-likeness (QED) is 0.785. The standard InChI is InChI=1S/C16H34N2O2S/c1-6-8-14(12-17-16(2,3)4)11-15-9-7-10-18(13-15)21(5,19)20/h14-15,17H,6-13H2,1-5H3. The Morgan fingerprint density at radius 1 is 1.33 bits per heavy atom. The molecule has 0 amide bonds. The molecule has 0 aromatic heterocycles. The first-order valence-electron chi connectivity index (χ1n) is 8.32. The van der Waals surface area contributed by atoms with Gasteiger partial charge in [0.25, 0.3) is 0 Å². The minimum atomic E-state index is -3.02. The average molecular weight is 319 g/mol. The number of nitrogens with one attached hydrogen (secondary N) is 1. The molecule has 2 unspecified atom stereocenters. The van der Waals surface area contributed by atoms with Gasteiger partial charge in [-0.1, -0.05) is 13.3 Å². The van der Waals surface area contributed by atoms with E-state index in [4.69, 9.17) is 0 Å².